The second kappa shape index (κ2) is 6.48. The van der Waals surface area contributed by atoms with E-state index in [-0.39, 0.29) is 18.7 Å². The van der Waals surface area contributed by atoms with E-state index in [1.807, 2.05) is 26.0 Å². The maximum Gasteiger partial charge on any atom is 0.315 e. The Hall–Kier alpha value is -1.55. The highest BCUT2D eigenvalue weighted by molar-refractivity contribution is 5.75. The maximum atomic E-state index is 12.3. The van der Waals surface area contributed by atoms with Gasteiger partial charge in [-0.1, -0.05) is 44.5 Å². The van der Waals surface area contributed by atoms with Gasteiger partial charge in [0, 0.05) is 0 Å². The van der Waals surface area contributed by atoms with Crippen LogP contribution in [-0.4, -0.2) is 23.3 Å². The van der Waals surface area contributed by atoms with Crippen LogP contribution in [0.4, 0.5) is 4.79 Å². The molecular weight excluding hydrogens is 264 g/mol. The van der Waals surface area contributed by atoms with Gasteiger partial charge >= 0.3 is 6.03 Å². The zero-order chi connectivity index (χ0) is 15.5. The summed E-state index contributed by atoms with van der Waals surface area (Å²) in [6, 6.07) is 8.11. The summed E-state index contributed by atoms with van der Waals surface area (Å²) in [6.45, 7) is 6.03. The number of urea groups is 1. The first-order valence-electron chi connectivity index (χ1n) is 7.76. The highest BCUT2D eigenvalue weighted by atomic mass is 16.3. The Balaban J connectivity index is 2.03. The maximum absolute atomic E-state index is 12.3. The molecule has 1 aliphatic rings. The fraction of sp³-hybridized carbons (Fsp3) is 0.588. The molecule has 0 saturated heterocycles. The molecule has 0 saturated carbocycles. The van der Waals surface area contributed by atoms with Crippen LogP contribution in [0.3, 0.4) is 0 Å². The molecule has 1 aromatic rings. The summed E-state index contributed by atoms with van der Waals surface area (Å²) in [7, 11) is 0. The monoisotopic (exact) mass is 290 g/mol. The molecule has 4 heteroatoms. The zero-order valence-corrected chi connectivity index (χ0v) is 13.1. The summed E-state index contributed by atoms with van der Waals surface area (Å²) in [6.07, 6.45) is 2.67. The standard InChI is InChI=1S/C17H26N2O2/c1-4-9-17(3,11-20)19-16(21)18-15-12(2)10-13-7-5-6-8-14(13)15/h5-8,12,15,20H,4,9-11H2,1-3H3,(H2,18,19,21). The fourth-order valence-electron chi connectivity index (χ4n) is 3.20. The average molecular weight is 290 g/mol. The van der Waals surface area contributed by atoms with Crippen molar-refractivity contribution in [3.63, 3.8) is 0 Å². The molecule has 3 N–H and O–H groups in total. The number of carbonyl (C=O) groups is 1. The lowest BCUT2D eigenvalue weighted by atomic mass is 9.97. The summed E-state index contributed by atoms with van der Waals surface area (Å²) in [4.78, 5) is 12.3. The molecule has 0 heterocycles. The summed E-state index contributed by atoms with van der Waals surface area (Å²) < 4.78 is 0. The number of aliphatic hydroxyl groups excluding tert-OH is 1. The predicted octanol–water partition coefficient (Wildman–Crippen LogP) is 2.77. The summed E-state index contributed by atoms with van der Waals surface area (Å²) in [5.74, 6) is 0.389. The van der Waals surface area contributed by atoms with E-state index in [0.717, 1.165) is 19.3 Å². The quantitative estimate of drug-likeness (QED) is 0.781. The molecule has 0 aliphatic heterocycles. The number of fused-ring (bicyclic) bond motifs is 1. The van der Waals surface area contributed by atoms with Gasteiger partial charge in [-0.25, -0.2) is 4.79 Å². The number of hydrogen-bond acceptors (Lipinski definition) is 2. The first-order valence-corrected chi connectivity index (χ1v) is 7.76. The van der Waals surface area contributed by atoms with E-state index >= 15 is 0 Å². The van der Waals surface area contributed by atoms with Gasteiger partial charge in [-0.2, -0.15) is 0 Å². The van der Waals surface area contributed by atoms with Gasteiger partial charge in [0.05, 0.1) is 18.2 Å². The van der Waals surface area contributed by atoms with Crippen molar-refractivity contribution in [2.45, 2.75) is 51.6 Å². The normalized spacial score (nSPS) is 23.2. The molecule has 0 radical (unpaired) electrons. The molecule has 116 valence electrons. The summed E-state index contributed by atoms with van der Waals surface area (Å²) >= 11 is 0. The Morgan fingerprint density at radius 2 is 2.14 bits per heavy atom. The lowest BCUT2D eigenvalue weighted by Crippen LogP contribution is -2.53. The van der Waals surface area contributed by atoms with E-state index in [0.29, 0.717) is 5.92 Å². The number of carbonyl (C=O) groups excluding carboxylic acids is 1. The number of hydrogen-bond donors (Lipinski definition) is 3. The average Bonchev–Trinajstić information content (AvgIpc) is 2.75. The van der Waals surface area contributed by atoms with Crippen LogP contribution >= 0.6 is 0 Å². The van der Waals surface area contributed by atoms with Crippen molar-refractivity contribution >= 4 is 6.03 Å². The molecule has 0 bridgehead atoms. The third-order valence-electron chi connectivity index (χ3n) is 4.35. The molecule has 3 atom stereocenters. The van der Waals surface area contributed by atoms with E-state index in [1.54, 1.807) is 0 Å². The Kier molecular flexibility index (Phi) is 4.88. The van der Waals surface area contributed by atoms with Gasteiger partial charge in [0.1, 0.15) is 0 Å². The minimum Gasteiger partial charge on any atom is -0.394 e. The van der Waals surface area contributed by atoms with Crippen molar-refractivity contribution in [1.29, 1.82) is 0 Å². The van der Waals surface area contributed by atoms with E-state index in [4.69, 9.17) is 0 Å². The molecule has 3 unspecified atom stereocenters. The van der Waals surface area contributed by atoms with E-state index < -0.39 is 5.54 Å². The number of benzene rings is 1. The van der Waals surface area contributed by atoms with Gasteiger partial charge in [-0.3, -0.25) is 0 Å². The number of aliphatic hydroxyl groups is 1. The topological polar surface area (TPSA) is 61.4 Å². The summed E-state index contributed by atoms with van der Waals surface area (Å²) in [5.41, 5.74) is 1.97. The van der Waals surface area contributed by atoms with Crippen molar-refractivity contribution in [1.82, 2.24) is 10.6 Å². The Morgan fingerprint density at radius 3 is 2.81 bits per heavy atom. The molecule has 4 nitrogen and oxygen atoms in total. The van der Waals surface area contributed by atoms with E-state index in [9.17, 15) is 9.90 Å². The molecular formula is C17H26N2O2. The van der Waals surface area contributed by atoms with Gasteiger partial charge in [-0.05, 0) is 36.8 Å². The zero-order valence-electron chi connectivity index (χ0n) is 13.1. The second-order valence-corrected chi connectivity index (χ2v) is 6.43. The first kappa shape index (κ1) is 15.8. The Labute approximate surface area is 126 Å². The van der Waals surface area contributed by atoms with E-state index in [2.05, 4.69) is 29.7 Å². The van der Waals surface area contributed by atoms with Crippen LogP contribution in [0.2, 0.25) is 0 Å². The predicted molar refractivity (Wildman–Crippen MR) is 84.1 cm³/mol. The highest BCUT2D eigenvalue weighted by Crippen LogP contribution is 2.35. The third kappa shape index (κ3) is 3.56. The van der Waals surface area contributed by atoms with Crippen molar-refractivity contribution in [3.8, 4) is 0 Å². The first-order chi connectivity index (χ1) is 9.99. The van der Waals surface area contributed by atoms with Crippen LogP contribution in [0.25, 0.3) is 0 Å². The lowest BCUT2D eigenvalue weighted by molar-refractivity contribution is 0.161. The number of amides is 2. The SMILES string of the molecule is CCCC(C)(CO)NC(=O)NC1c2ccccc2CC1C. The number of rotatable bonds is 5. The van der Waals surface area contributed by atoms with Gasteiger partial charge in [-0.15, -0.1) is 0 Å². The van der Waals surface area contributed by atoms with Crippen LogP contribution in [-0.2, 0) is 6.42 Å². The van der Waals surface area contributed by atoms with Crippen molar-refractivity contribution in [2.75, 3.05) is 6.61 Å². The van der Waals surface area contributed by atoms with Crippen LogP contribution in [0.1, 0.15) is 50.8 Å². The Morgan fingerprint density at radius 1 is 1.43 bits per heavy atom. The third-order valence-corrected chi connectivity index (χ3v) is 4.35. The van der Waals surface area contributed by atoms with Crippen LogP contribution < -0.4 is 10.6 Å². The largest absolute Gasteiger partial charge is 0.394 e. The van der Waals surface area contributed by atoms with Crippen molar-refractivity contribution < 1.29 is 9.90 Å². The van der Waals surface area contributed by atoms with Gasteiger partial charge in [0.15, 0.2) is 0 Å². The molecule has 2 amide bonds. The minimum absolute atomic E-state index is 0.0470. The van der Waals surface area contributed by atoms with Crippen molar-refractivity contribution in [3.05, 3.63) is 35.4 Å². The minimum atomic E-state index is -0.555. The van der Waals surface area contributed by atoms with Crippen LogP contribution in [0, 0.1) is 5.92 Å². The summed E-state index contributed by atoms with van der Waals surface area (Å²) in [5, 5.41) is 15.5. The fourth-order valence-corrected chi connectivity index (χ4v) is 3.20. The lowest BCUT2D eigenvalue weighted by Gasteiger charge is -2.30. The van der Waals surface area contributed by atoms with Gasteiger partial charge in [0.2, 0.25) is 0 Å². The second-order valence-electron chi connectivity index (χ2n) is 6.43. The molecule has 0 aromatic heterocycles. The van der Waals surface area contributed by atoms with Gasteiger partial charge in [0.25, 0.3) is 0 Å². The van der Waals surface area contributed by atoms with Gasteiger partial charge < -0.3 is 15.7 Å². The molecule has 0 fully saturated rings. The Bertz CT molecular complexity index is 503. The molecule has 0 spiro atoms. The van der Waals surface area contributed by atoms with E-state index in [1.165, 1.54) is 11.1 Å². The van der Waals surface area contributed by atoms with Crippen molar-refractivity contribution in [2.24, 2.45) is 5.92 Å². The molecule has 21 heavy (non-hydrogen) atoms. The van der Waals surface area contributed by atoms with Crippen LogP contribution in [0.15, 0.2) is 24.3 Å². The smallest absolute Gasteiger partial charge is 0.315 e. The highest BCUT2D eigenvalue weighted by Gasteiger charge is 2.32. The molecule has 1 aliphatic carbocycles. The molecule has 2 rings (SSSR count). The number of nitrogens with one attached hydrogen (secondary N) is 2. The van der Waals surface area contributed by atoms with Crippen LogP contribution in [0.5, 0.6) is 0 Å². The molecule has 1 aromatic carbocycles.